The molecule has 1 aromatic heterocycles. The standard InChI is InChI=1S/C17H22N4O3S.ClH/c1-4-21(5-2)25(23,24)15-10-13(7-6-12(15)3)17(22)20-14-8-9-16(18)19-11-14;/h6-11H,4-5H2,1-3H3,(H2,18,19)(H,20,22);1H. The Kier molecular flexibility index (Phi) is 7.55. The minimum absolute atomic E-state index is 0. The van der Waals surface area contributed by atoms with E-state index in [4.69, 9.17) is 5.73 Å². The van der Waals surface area contributed by atoms with Crippen molar-refractivity contribution in [1.82, 2.24) is 9.29 Å². The molecule has 0 atom stereocenters. The third-order valence-corrected chi connectivity index (χ3v) is 6.01. The first-order chi connectivity index (χ1) is 11.8. The first-order valence-corrected chi connectivity index (χ1v) is 9.37. The average Bonchev–Trinajstić information content (AvgIpc) is 2.58. The number of nitrogens with zero attached hydrogens (tertiary/aromatic N) is 2. The maximum atomic E-state index is 12.8. The number of anilines is 2. The summed E-state index contributed by atoms with van der Waals surface area (Å²) in [7, 11) is -3.64. The van der Waals surface area contributed by atoms with Crippen molar-refractivity contribution in [2.45, 2.75) is 25.7 Å². The number of benzene rings is 1. The molecule has 0 aliphatic heterocycles. The number of aryl methyl sites for hydroxylation is 1. The highest BCUT2D eigenvalue weighted by Gasteiger charge is 2.24. The molecule has 1 heterocycles. The molecular formula is C17H23ClN4O3S. The zero-order valence-electron chi connectivity index (χ0n) is 14.9. The first-order valence-electron chi connectivity index (χ1n) is 7.93. The summed E-state index contributed by atoms with van der Waals surface area (Å²) in [6.07, 6.45) is 1.44. The van der Waals surface area contributed by atoms with Gasteiger partial charge in [-0.2, -0.15) is 4.31 Å². The van der Waals surface area contributed by atoms with E-state index in [1.165, 1.54) is 16.6 Å². The minimum atomic E-state index is -3.64. The first kappa shape index (κ1) is 21.9. The molecule has 0 aliphatic rings. The van der Waals surface area contributed by atoms with Gasteiger partial charge in [0.15, 0.2) is 0 Å². The number of pyridine rings is 1. The Morgan fingerprint density at radius 3 is 2.38 bits per heavy atom. The molecule has 0 saturated heterocycles. The summed E-state index contributed by atoms with van der Waals surface area (Å²) in [6, 6.07) is 7.83. The second-order valence-electron chi connectivity index (χ2n) is 5.50. The summed E-state index contributed by atoms with van der Waals surface area (Å²) in [5, 5.41) is 2.68. The third-order valence-electron chi connectivity index (χ3n) is 3.82. The molecule has 1 aromatic carbocycles. The molecule has 3 N–H and O–H groups in total. The van der Waals surface area contributed by atoms with Crippen LogP contribution in [0.15, 0.2) is 41.4 Å². The van der Waals surface area contributed by atoms with Crippen LogP contribution in [0.1, 0.15) is 29.8 Å². The van der Waals surface area contributed by atoms with E-state index in [9.17, 15) is 13.2 Å². The van der Waals surface area contributed by atoms with Gasteiger partial charge in [-0.1, -0.05) is 19.9 Å². The zero-order valence-corrected chi connectivity index (χ0v) is 16.5. The predicted octanol–water partition coefficient (Wildman–Crippen LogP) is 2.68. The van der Waals surface area contributed by atoms with Crippen molar-refractivity contribution in [3.8, 4) is 0 Å². The van der Waals surface area contributed by atoms with Crippen LogP contribution in [0, 0.1) is 6.92 Å². The maximum absolute atomic E-state index is 12.8. The Balaban J connectivity index is 0.00000338. The van der Waals surface area contributed by atoms with Crippen LogP contribution in [0.3, 0.4) is 0 Å². The molecule has 26 heavy (non-hydrogen) atoms. The largest absolute Gasteiger partial charge is 0.384 e. The number of nitrogens with two attached hydrogens (primary N) is 1. The molecule has 9 heteroatoms. The smallest absolute Gasteiger partial charge is 0.255 e. The number of carbonyl (C=O) groups excluding carboxylic acids is 1. The van der Waals surface area contributed by atoms with E-state index in [1.54, 1.807) is 45.0 Å². The molecular weight excluding hydrogens is 376 g/mol. The van der Waals surface area contributed by atoms with Crippen molar-refractivity contribution in [2.24, 2.45) is 0 Å². The average molecular weight is 399 g/mol. The zero-order chi connectivity index (χ0) is 18.6. The molecule has 0 fully saturated rings. The van der Waals surface area contributed by atoms with Crippen molar-refractivity contribution in [2.75, 3.05) is 24.1 Å². The lowest BCUT2D eigenvalue weighted by molar-refractivity contribution is 0.102. The Morgan fingerprint density at radius 2 is 1.85 bits per heavy atom. The van der Waals surface area contributed by atoms with Crippen molar-refractivity contribution < 1.29 is 13.2 Å². The van der Waals surface area contributed by atoms with Crippen molar-refractivity contribution >= 4 is 39.8 Å². The van der Waals surface area contributed by atoms with Crippen LogP contribution in [0.5, 0.6) is 0 Å². The van der Waals surface area contributed by atoms with E-state index in [2.05, 4.69) is 10.3 Å². The van der Waals surface area contributed by atoms with Gasteiger partial charge in [0, 0.05) is 18.7 Å². The molecule has 0 bridgehead atoms. The molecule has 0 saturated carbocycles. The molecule has 0 aliphatic carbocycles. The van der Waals surface area contributed by atoms with E-state index in [-0.39, 0.29) is 22.9 Å². The normalized spacial score (nSPS) is 11.1. The summed E-state index contributed by atoms with van der Waals surface area (Å²) < 4.78 is 26.9. The third kappa shape index (κ3) is 4.72. The van der Waals surface area contributed by atoms with Gasteiger partial charge < -0.3 is 11.1 Å². The second kappa shape index (κ2) is 8.98. The molecule has 142 valence electrons. The van der Waals surface area contributed by atoms with E-state index >= 15 is 0 Å². The fourth-order valence-corrected chi connectivity index (χ4v) is 4.11. The van der Waals surface area contributed by atoms with Crippen molar-refractivity contribution in [3.05, 3.63) is 47.7 Å². The van der Waals surface area contributed by atoms with Gasteiger partial charge in [0.25, 0.3) is 5.91 Å². The van der Waals surface area contributed by atoms with Gasteiger partial charge in [0.2, 0.25) is 10.0 Å². The summed E-state index contributed by atoms with van der Waals surface area (Å²) >= 11 is 0. The van der Waals surface area contributed by atoms with Crippen LogP contribution < -0.4 is 11.1 Å². The summed E-state index contributed by atoms with van der Waals surface area (Å²) in [5.41, 5.74) is 6.84. The fraction of sp³-hybridized carbons (Fsp3) is 0.294. The van der Waals surface area contributed by atoms with Crippen LogP contribution in [-0.2, 0) is 10.0 Å². The predicted molar refractivity (Wildman–Crippen MR) is 105 cm³/mol. The fourth-order valence-electron chi connectivity index (χ4n) is 2.40. The van der Waals surface area contributed by atoms with Gasteiger partial charge in [-0.3, -0.25) is 4.79 Å². The number of hydrogen-bond acceptors (Lipinski definition) is 5. The molecule has 0 radical (unpaired) electrons. The van der Waals surface area contributed by atoms with Crippen LogP contribution in [0.4, 0.5) is 11.5 Å². The summed E-state index contributed by atoms with van der Waals surface area (Å²) in [5.74, 6) is -0.0662. The Labute approximate surface area is 160 Å². The number of amides is 1. The highest BCUT2D eigenvalue weighted by atomic mass is 35.5. The van der Waals surface area contributed by atoms with E-state index in [0.717, 1.165) is 0 Å². The van der Waals surface area contributed by atoms with Crippen LogP contribution in [-0.4, -0.2) is 36.7 Å². The van der Waals surface area contributed by atoms with Crippen LogP contribution >= 0.6 is 12.4 Å². The number of halogens is 1. The number of rotatable bonds is 6. The molecule has 2 rings (SSSR count). The van der Waals surface area contributed by atoms with Crippen molar-refractivity contribution in [1.29, 1.82) is 0 Å². The second-order valence-corrected chi connectivity index (χ2v) is 7.40. The van der Waals surface area contributed by atoms with Gasteiger partial charge in [-0.25, -0.2) is 13.4 Å². The van der Waals surface area contributed by atoms with E-state index < -0.39 is 15.9 Å². The minimum Gasteiger partial charge on any atom is -0.384 e. The lowest BCUT2D eigenvalue weighted by Gasteiger charge is -2.20. The summed E-state index contributed by atoms with van der Waals surface area (Å²) in [4.78, 5) is 16.5. The number of nitrogens with one attached hydrogen (secondary N) is 1. The lowest BCUT2D eigenvalue weighted by Crippen LogP contribution is -2.31. The van der Waals surface area contributed by atoms with Gasteiger partial charge >= 0.3 is 0 Å². The molecule has 0 unspecified atom stereocenters. The Bertz CT molecular complexity index is 866. The SMILES string of the molecule is CCN(CC)S(=O)(=O)c1cc(C(=O)Nc2ccc(N)nc2)ccc1C.Cl. The molecule has 7 nitrogen and oxygen atoms in total. The Morgan fingerprint density at radius 1 is 1.19 bits per heavy atom. The summed E-state index contributed by atoms with van der Waals surface area (Å²) in [6.45, 7) is 6.00. The van der Waals surface area contributed by atoms with Crippen molar-refractivity contribution in [3.63, 3.8) is 0 Å². The molecule has 0 spiro atoms. The molecule has 1 amide bonds. The van der Waals surface area contributed by atoms with E-state index in [0.29, 0.717) is 30.2 Å². The number of aromatic nitrogens is 1. The number of nitrogen functional groups attached to an aromatic ring is 1. The highest BCUT2D eigenvalue weighted by Crippen LogP contribution is 2.22. The van der Waals surface area contributed by atoms with Crippen LogP contribution in [0.2, 0.25) is 0 Å². The number of sulfonamides is 1. The highest BCUT2D eigenvalue weighted by molar-refractivity contribution is 7.89. The van der Waals surface area contributed by atoms with Gasteiger partial charge in [-0.05, 0) is 36.8 Å². The number of hydrogen-bond donors (Lipinski definition) is 2. The molecule has 2 aromatic rings. The van der Waals surface area contributed by atoms with Gasteiger partial charge in [-0.15, -0.1) is 12.4 Å². The maximum Gasteiger partial charge on any atom is 0.255 e. The van der Waals surface area contributed by atoms with Gasteiger partial charge in [0.1, 0.15) is 5.82 Å². The monoisotopic (exact) mass is 398 g/mol. The topological polar surface area (TPSA) is 105 Å². The lowest BCUT2D eigenvalue weighted by atomic mass is 10.1. The van der Waals surface area contributed by atoms with E-state index in [1.807, 2.05) is 0 Å². The van der Waals surface area contributed by atoms with Crippen LogP contribution in [0.25, 0.3) is 0 Å². The quantitative estimate of drug-likeness (QED) is 0.778. The number of carbonyl (C=O) groups is 1. The van der Waals surface area contributed by atoms with Gasteiger partial charge in [0.05, 0.1) is 16.8 Å². The Hall–Kier alpha value is -2.16.